The Labute approximate surface area is 158 Å². The summed E-state index contributed by atoms with van der Waals surface area (Å²) >= 11 is 1.41. The molecule has 3 N–H and O–H groups in total. The molecule has 0 radical (unpaired) electrons. The normalized spacial score (nSPS) is 11.9. The minimum atomic E-state index is -3.50. The molecule has 0 fully saturated rings. The van der Waals surface area contributed by atoms with Gasteiger partial charge < -0.3 is 11.1 Å². The molecule has 0 unspecified atom stereocenters. The van der Waals surface area contributed by atoms with Crippen molar-refractivity contribution in [1.82, 2.24) is 14.6 Å². The second-order valence-electron chi connectivity index (χ2n) is 6.11. The van der Waals surface area contributed by atoms with Crippen LogP contribution in [-0.2, 0) is 23.0 Å². The molecular formula is C17H24N4O3S2. The van der Waals surface area contributed by atoms with Gasteiger partial charge in [0.15, 0.2) is 0 Å². The molecule has 142 valence electrons. The highest BCUT2D eigenvalue weighted by Crippen LogP contribution is 2.17. The molecule has 2 aromatic rings. The van der Waals surface area contributed by atoms with Crippen molar-refractivity contribution >= 4 is 27.3 Å². The topological polar surface area (TPSA) is 105 Å². The molecule has 7 nitrogen and oxygen atoms in total. The van der Waals surface area contributed by atoms with E-state index in [2.05, 4.69) is 10.3 Å². The quantitative estimate of drug-likeness (QED) is 0.705. The average molecular weight is 397 g/mol. The maximum Gasteiger partial charge on any atom is 0.271 e. The van der Waals surface area contributed by atoms with Crippen LogP contribution in [0.4, 0.5) is 0 Å². The number of sulfonamides is 1. The van der Waals surface area contributed by atoms with Gasteiger partial charge in [-0.25, -0.2) is 13.4 Å². The second kappa shape index (κ2) is 8.72. The molecule has 9 heteroatoms. The third-order valence-electron chi connectivity index (χ3n) is 3.92. The summed E-state index contributed by atoms with van der Waals surface area (Å²) in [7, 11) is -1.95. The van der Waals surface area contributed by atoms with Crippen LogP contribution in [0.25, 0.3) is 0 Å². The van der Waals surface area contributed by atoms with Gasteiger partial charge in [0.25, 0.3) is 5.91 Å². The number of carbonyl (C=O) groups excluding carboxylic acids is 1. The number of aromatic nitrogens is 1. The number of nitrogens with two attached hydrogens (primary N) is 1. The Balaban J connectivity index is 1.99. The van der Waals surface area contributed by atoms with E-state index in [9.17, 15) is 13.2 Å². The third kappa shape index (κ3) is 4.88. The molecule has 1 aromatic carbocycles. The Kier molecular flexibility index (Phi) is 6.87. The number of hydrogen-bond donors (Lipinski definition) is 2. The summed E-state index contributed by atoms with van der Waals surface area (Å²) in [4.78, 5) is 16.6. The zero-order valence-corrected chi connectivity index (χ0v) is 16.7. The lowest BCUT2D eigenvalue weighted by atomic mass is 10.2. The van der Waals surface area contributed by atoms with Crippen LogP contribution in [0, 0.1) is 0 Å². The van der Waals surface area contributed by atoms with Gasteiger partial charge in [-0.05, 0) is 38.1 Å². The van der Waals surface area contributed by atoms with Gasteiger partial charge in [0.05, 0.1) is 9.90 Å². The number of carbonyl (C=O) groups is 1. The van der Waals surface area contributed by atoms with Gasteiger partial charge in [-0.3, -0.25) is 4.79 Å². The van der Waals surface area contributed by atoms with E-state index in [1.54, 1.807) is 36.7 Å². The van der Waals surface area contributed by atoms with Gasteiger partial charge >= 0.3 is 0 Å². The lowest BCUT2D eigenvalue weighted by Gasteiger charge is -2.21. The van der Waals surface area contributed by atoms with E-state index in [-0.39, 0.29) is 16.8 Å². The zero-order chi connectivity index (χ0) is 19.3. The van der Waals surface area contributed by atoms with E-state index in [1.807, 2.05) is 13.8 Å². The standard InChI is InChI=1S/C17H24N4O3S2/c1-12(2)21(3)26(23,24)14-6-4-13(5-7-14)10-19-17(22)15-11-25-16(20-15)8-9-18/h4-7,11-12H,8-10,18H2,1-3H3,(H,19,22). The van der Waals surface area contributed by atoms with Gasteiger partial charge in [-0.15, -0.1) is 11.3 Å². The summed E-state index contributed by atoms with van der Waals surface area (Å²) < 4.78 is 26.2. The number of thiazole rings is 1. The molecule has 1 amide bonds. The SMILES string of the molecule is CC(C)N(C)S(=O)(=O)c1ccc(CNC(=O)c2csc(CCN)n2)cc1. The van der Waals surface area contributed by atoms with Gasteiger partial charge in [-0.1, -0.05) is 12.1 Å². The molecule has 0 aliphatic rings. The zero-order valence-electron chi connectivity index (χ0n) is 15.1. The van der Waals surface area contributed by atoms with Crippen LogP contribution < -0.4 is 11.1 Å². The number of amides is 1. The predicted octanol–water partition coefficient (Wildman–Crippen LogP) is 1.60. The number of rotatable bonds is 8. The van der Waals surface area contributed by atoms with Gasteiger partial charge in [-0.2, -0.15) is 4.31 Å². The van der Waals surface area contributed by atoms with Crippen molar-refractivity contribution in [3.05, 3.63) is 45.9 Å². The van der Waals surface area contributed by atoms with Crippen molar-refractivity contribution in [2.75, 3.05) is 13.6 Å². The van der Waals surface area contributed by atoms with Gasteiger partial charge in [0.1, 0.15) is 5.69 Å². The molecule has 0 saturated carbocycles. The first-order valence-electron chi connectivity index (χ1n) is 8.25. The highest BCUT2D eigenvalue weighted by Gasteiger charge is 2.22. The van der Waals surface area contributed by atoms with E-state index >= 15 is 0 Å². The summed E-state index contributed by atoms with van der Waals surface area (Å²) in [5.41, 5.74) is 6.66. The molecule has 2 rings (SSSR count). The fourth-order valence-corrected chi connectivity index (χ4v) is 4.31. The van der Waals surface area contributed by atoms with Crippen LogP contribution in [-0.4, -0.2) is 43.2 Å². The van der Waals surface area contributed by atoms with Gasteiger partial charge in [0.2, 0.25) is 10.0 Å². The first kappa shape index (κ1) is 20.5. The van der Waals surface area contributed by atoms with Crippen molar-refractivity contribution in [2.24, 2.45) is 5.73 Å². The fourth-order valence-electron chi connectivity index (χ4n) is 2.15. The molecule has 1 heterocycles. The number of nitrogens with one attached hydrogen (secondary N) is 1. The van der Waals surface area contributed by atoms with Crippen LogP contribution in [0.3, 0.4) is 0 Å². The van der Waals surface area contributed by atoms with Crippen LogP contribution in [0.15, 0.2) is 34.5 Å². The van der Waals surface area contributed by atoms with Crippen LogP contribution in [0.2, 0.25) is 0 Å². The summed E-state index contributed by atoms with van der Waals surface area (Å²) in [6.45, 7) is 4.43. The first-order valence-corrected chi connectivity index (χ1v) is 10.6. The number of nitrogens with zero attached hydrogens (tertiary/aromatic N) is 2. The number of hydrogen-bond acceptors (Lipinski definition) is 6. The molecule has 0 saturated heterocycles. The average Bonchev–Trinajstić information content (AvgIpc) is 3.08. The van der Waals surface area contributed by atoms with Gasteiger partial charge in [0, 0.05) is 31.4 Å². The highest BCUT2D eigenvalue weighted by molar-refractivity contribution is 7.89. The van der Waals surface area contributed by atoms with Crippen molar-refractivity contribution < 1.29 is 13.2 Å². The molecular weight excluding hydrogens is 372 g/mol. The van der Waals surface area contributed by atoms with E-state index in [4.69, 9.17) is 5.73 Å². The van der Waals surface area contributed by atoms with E-state index in [0.717, 1.165) is 10.6 Å². The first-order chi connectivity index (χ1) is 12.3. The summed E-state index contributed by atoms with van der Waals surface area (Å²) in [6, 6.07) is 6.38. The van der Waals surface area contributed by atoms with Crippen molar-refractivity contribution in [3.63, 3.8) is 0 Å². The molecule has 0 aliphatic heterocycles. The van der Waals surface area contributed by atoms with E-state index in [1.165, 1.54) is 15.6 Å². The Morgan fingerprint density at radius 2 is 1.96 bits per heavy atom. The maximum absolute atomic E-state index is 12.4. The molecule has 0 bridgehead atoms. The molecule has 1 aromatic heterocycles. The molecule has 0 aliphatic carbocycles. The second-order valence-corrected chi connectivity index (χ2v) is 9.05. The fraction of sp³-hybridized carbons (Fsp3) is 0.412. The van der Waals surface area contributed by atoms with Crippen LogP contribution in [0.1, 0.15) is 34.9 Å². The van der Waals surface area contributed by atoms with Crippen LogP contribution >= 0.6 is 11.3 Å². The Morgan fingerprint density at radius 3 is 2.54 bits per heavy atom. The van der Waals surface area contributed by atoms with E-state index in [0.29, 0.717) is 25.2 Å². The molecule has 26 heavy (non-hydrogen) atoms. The summed E-state index contributed by atoms with van der Waals surface area (Å²) in [5.74, 6) is -0.263. The monoisotopic (exact) mass is 396 g/mol. The van der Waals surface area contributed by atoms with Crippen molar-refractivity contribution in [1.29, 1.82) is 0 Å². The minimum Gasteiger partial charge on any atom is -0.347 e. The largest absolute Gasteiger partial charge is 0.347 e. The lowest BCUT2D eigenvalue weighted by molar-refractivity contribution is 0.0946. The predicted molar refractivity (Wildman–Crippen MR) is 103 cm³/mol. The maximum atomic E-state index is 12.4. The summed E-state index contributed by atoms with van der Waals surface area (Å²) in [6.07, 6.45) is 0.651. The summed E-state index contributed by atoms with van der Waals surface area (Å²) in [5, 5.41) is 5.32. The molecule has 0 atom stereocenters. The Morgan fingerprint density at radius 1 is 1.31 bits per heavy atom. The number of benzene rings is 1. The Bertz CT molecular complexity index is 845. The highest BCUT2D eigenvalue weighted by atomic mass is 32.2. The third-order valence-corrected chi connectivity index (χ3v) is 6.88. The minimum absolute atomic E-state index is 0.124. The Hall–Kier alpha value is -1.81. The van der Waals surface area contributed by atoms with Crippen LogP contribution in [0.5, 0.6) is 0 Å². The van der Waals surface area contributed by atoms with Crippen molar-refractivity contribution in [2.45, 2.75) is 37.8 Å². The van der Waals surface area contributed by atoms with Crippen molar-refractivity contribution in [3.8, 4) is 0 Å². The van der Waals surface area contributed by atoms with E-state index < -0.39 is 10.0 Å². The lowest BCUT2D eigenvalue weighted by Crippen LogP contribution is -2.33. The molecule has 0 spiro atoms. The smallest absolute Gasteiger partial charge is 0.271 e.